The average Bonchev–Trinajstić information content (AvgIpc) is 3.03. The first-order valence-electron chi connectivity index (χ1n) is 8.26. The fourth-order valence-electron chi connectivity index (χ4n) is 2.75. The van der Waals surface area contributed by atoms with Crippen molar-refractivity contribution in [2.75, 3.05) is 25.0 Å². The lowest BCUT2D eigenvalue weighted by Crippen LogP contribution is -2.47. The molecular formula is C17H22N4O3. The molecule has 1 aromatic heterocycles. The third kappa shape index (κ3) is 4.18. The van der Waals surface area contributed by atoms with E-state index in [0.29, 0.717) is 31.1 Å². The standard InChI is InChI=1S/C17H22N4O3/c1-2-6-14-16(20-24-19-14)18-17(22)15-12-21(9-10-23-15)11-13-7-4-3-5-8-13/h3-5,7-8,15H,2,6,9-12H2,1H3,(H,18,20,22)/t15-/m0/s1. The Labute approximate surface area is 140 Å². The molecule has 1 aromatic carbocycles. The molecule has 1 fully saturated rings. The number of carbonyl (C=O) groups excluding carboxylic acids is 1. The van der Waals surface area contributed by atoms with Gasteiger partial charge in [-0.3, -0.25) is 9.69 Å². The van der Waals surface area contributed by atoms with Crippen molar-refractivity contribution in [3.63, 3.8) is 0 Å². The zero-order chi connectivity index (χ0) is 16.8. The molecule has 0 spiro atoms. The Kier molecular flexibility index (Phi) is 5.55. The Morgan fingerprint density at radius 3 is 2.96 bits per heavy atom. The predicted molar refractivity (Wildman–Crippen MR) is 88.4 cm³/mol. The van der Waals surface area contributed by atoms with Crippen LogP contribution in [0.3, 0.4) is 0 Å². The van der Waals surface area contributed by atoms with E-state index in [1.54, 1.807) is 0 Å². The van der Waals surface area contributed by atoms with Gasteiger partial charge in [-0.2, -0.15) is 0 Å². The molecule has 1 saturated heterocycles. The summed E-state index contributed by atoms with van der Waals surface area (Å²) >= 11 is 0. The number of ether oxygens (including phenoxy) is 1. The lowest BCUT2D eigenvalue weighted by atomic mass is 10.2. The summed E-state index contributed by atoms with van der Waals surface area (Å²) in [4.78, 5) is 14.7. The number of hydrogen-bond acceptors (Lipinski definition) is 6. The van der Waals surface area contributed by atoms with E-state index >= 15 is 0 Å². The Balaban J connectivity index is 1.57. The molecule has 1 N–H and O–H groups in total. The second-order valence-electron chi connectivity index (χ2n) is 5.88. The number of nitrogens with zero attached hydrogens (tertiary/aromatic N) is 3. The maximum Gasteiger partial charge on any atom is 0.256 e. The fourth-order valence-corrected chi connectivity index (χ4v) is 2.75. The summed E-state index contributed by atoms with van der Waals surface area (Å²) in [6, 6.07) is 10.2. The number of morpholine rings is 1. The van der Waals surface area contributed by atoms with Gasteiger partial charge in [0.25, 0.3) is 5.91 Å². The van der Waals surface area contributed by atoms with Crippen molar-refractivity contribution in [1.82, 2.24) is 15.2 Å². The number of carbonyl (C=O) groups is 1. The van der Waals surface area contributed by atoms with E-state index in [1.165, 1.54) is 5.56 Å². The van der Waals surface area contributed by atoms with Crippen LogP contribution in [0.1, 0.15) is 24.6 Å². The van der Waals surface area contributed by atoms with Crippen LogP contribution in [0.15, 0.2) is 35.0 Å². The summed E-state index contributed by atoms with van der Waals surface area (Å²) < 4.78 is 10.3. The minimum atomic E-state index is -0.520. The second kappa shape index (κ2) is 8.03. The molecule has 1 atom stereocenters. The van der Waals surface area contributed by atoms with E-state index in [9.17, 15) is 4.79 Å². The monoisotopic (exact) mass is 330 g/mol. The molecule has 7 heteroatoms. The van der Waals surface area contributed by atoms with E-state index in [-0.39, 0.29) is 5.91 Å². The molecule has 1 amide bonds. The highest BCUT2D eigenvalue weighted by Gasteiger charge is 2.28. The molecule has 0 radical (unpaired) electrons. The van der Waals surface area contributed by atoms with Crippen LogP contribution >= 0.6 is 0 Å². The molecule has 128 valence electrons. The lowest BCUT2D eigenvalue weighted by molar-refractivity contribution is -0.133. The van der Waals surface area contributed by atoms with Crippen molar-refractivity contribution in [3.05, 3.63) is 41.6 Å². The minimum Gasteiger partial charge on any atom is -0.366 e. The van der Waals surface area contributed by atoms with Crippen LogP contribution in [0.25, 0.3) is 0 Å². The third-order valence-electron chi connectivity index (χ3n) is 3.98. The number of anilines is 1. The van der Waals surface area contributed by atoms with Gasteiger partial charge in [0.2, 0.25) is 5.82 Å². The van der Waals surface area contributed by atoms with Crippen molar-refractivity contribution in [2.24, 2.45) is 0 Å². The van der Waals surface area contributed by atoms with Crippen LogP contribution in [-0.2, 0) is 22.5 Å². The SMILES string of the molecule is CCCc1nonc1NC(=O)[C@@H]1CN(Cc2ccccc2)CCO1. The fraction of sp³-hybridized carbons (Fsp3) is 0.471. The van der Waals surface area contributed by atoms with Crippen molar-refractivity contribution >= 4 is 11.7 Å². The molecule has 0 bridgehead atoms. The number of amides is 1. The molecular weight excluding hydrogens is 308 g/mol. The van der Waals surface area contributed by atoms with E-state index in [2.05, 4.69) is 32.7 Å². The highest BCUT2D eigenvalue weighted by molar-refractivity contribution is 5.93. The van der Waals surface area contributed by atoms with E-state index in [4.69, 9.17) is 9.37 Å². The molecule has 1 aliphatic heterocycles. The summed E-state index contributed by atoms with van der Waals surface area (Å²) in [6.45, 7) is 4.73. The van der Waals surface area contributed by atoms with E-state index in [0.717, 1.165) is 19.5 Å². The largest absolute Gasteiger partial charge is 0.366 e. The normalized spacial score (nSPS) is 18.5. The highest BCUT2D eigenvalue weighted by atomic mass is 16.6. The number of hydrogen-bond donors (Lipinski definition) is 1. The third-order valence-corrected chi connectivity index (χ3v) is 3.98. The molecule has 0 aliphatic carbocycles. The van der Waals surface area contributed by atoms with Gasteiger partial charge in [0.15, 0.2) is 0 Å². The van der Waals surface area contributed by atoms with Crippen molar-refractivity contribution in [3.8, 4) is 0 Å². The Morgan fingerprint density at radius 1 is 1.33 bits per heavy atom. The van der Waals surface area contributed by atoms with Gasteiger partial charge < -0.3 is 10.1 Å². The molecule has 7 nitrogen and oxygen atoms in total. The summed E-state index contributed by atoms with van der Waals surface area (Å²) in [5, 5.41) is 10.4. The first-order valence-corrected chi connectivity index (χ1v) is 8.26. The second-order valence-corrected chi connectivity index (χ2v) is 5.88. The van der Waals surface area contributed by atoms with E-state index in [1.807, 2.05) is 25.1 Å². The van der Waals surface area contributed by atoms with Crippen LogP contribution < -0.4 is 5.32 Å². The van der Waals surface area contributed by atoms with Gasteiger partial charge in [-0.05, 0) is 17.1 Å². The van der Waals surface area contributed by atoms with Gasteiger partial charge in [0.1, 0.15) is 11.8 Å². The van der Waals surface area contributed by atoms with Crippen LogP contribution in [0.4, 0.5) is 5.82 Å². The molecule has 0 saturated carbocycles. The quantitative estimate of drug-likeness (QED) is 0.871. The molecule has 2 aromatic rings. The van der Waals surface area contributed by atoms with Crippen LogP contribution in [0.2, 0.25) is 0 Å². The average molecular weight is 330 g/mol. The maximum absolute atomic E-state index is 12.4. The van der Waals surface area contributed by atoms with Crippen LogP contribution in [-0.4, -0.2) is 46.9 Å². The Bertz CT molecular complexity index is 659. The van der Waals surface area contributed by atoms with Crippen molar-refractivity contribution in [2.45, 2.75) is 32.4 Å². The Hall–Kier alpha value is -2.25. The predicted octanol–water partition coefficient (Wildman–Crippen LogP) is 1.86. The first-order chi connectivity index (χ1) is 11.8. The van der Waals surface area contributed by atoms with Crippen LogP contribution in [0, 0.1) is 0 Å². The van der Waals surface area contributed by atoms with E-state index < -0.39 is 6.10 Å². The minimum absolute atomic E-state index is 0.208. The number of benzene rings is 1. The highest BCUT2D eigenvalue weighted by Crippen LogP contribution is 2.15. The molecule has 24 heavy (non-hydrogen) atoms. The smallest absolute Gasteiger partial charge is 0.256 e. The zero-order valence-corrected chi connectivity index (χ0v) is 13.8. The zero-order valence-electron chi connectivity index (χ0n) is 13.8. The van der Waals surface area contributed by atoms with Gasteiger partial charge in [0.05, 0.1) is 6.61 Å². The molecule has 1 aliphatic rings. The summed E-state index contributed by atoms with van der Waals surface area (Å²) in [7, 11) is 0. The first kappa shape index (κ1) is 16.6. The Morgan fingerprint density at radius 2 is 2.17 bits per heavy atom. The van der Waals surface area contributed by atoms with Gasteiger partial charge >= 0.3 is 0 Å². The molecule has 0 unspecified atom stereocenters. The topological polar surface area (TPSA) is 80.5 Å². The maximum atomic E-state index is 12.4. The number of rotatable bonds is 6. The van der Waals surface area contributed by atoms with Gasteiger partial charge in [-0.1, -0.05) is 48.8 Å². The van der Waals surface area contributed by atoms with Gasteiger partial charge in [0, 0.05) is 19.6 Å². The summed E-state index contributed by atoms with van der Waals surface area (Å²) in [5.74, 6) is 0.187. The van der Waals surface area contributed by atoms with Crippen LogP contribution in [0.5, 0.6) is 0 Å². The number of aromatic nitrogens is 2. The molecule has 2 heterocycles. The lowest BCUT2D eigenvalue weighted by Gasteiger charge is -2.32. The van der Waals surface area contributed by atoms with Crippen molar-refractivity contribution in [1.29, 1.82) is 0 Å². The summed E-state index contributed by atoms with van der Waals surface area (Å²) in [6.07, 6.45) is 1.10. The van der Waals surface area contributed by atoms with Gasteiger partial charge in [-0.15, -0.1) is 0 Å². The van der Waals surface area contributed by atoms with Crippen molar-refractivity contribution < 1.29 is 14.2 Å². The van der Waals surface area contributed by atoms with Gasteiger partial charge in [-0.25, -0.2) is 4.63 Å². The molecule has 3 rings (SSSR count). The number of aryl methyl sites for hydroxylation is 1. The number of nitrogens with one attached hydrogen (secondary N) is 1. The summed E-state index contributed by atoms with van der Waals surface area (Å²) in [5.41, 5.74) is 1.90.